The molecule has 0 spiro atoms. The van der Waals surface area contributed by atoms with Crippen molar-refractivity contribution in [3.05, 3.63) is 33.2 Å². The van der Waals surface area contributed by atoms with E-state index in [1.165, 1.54) is 17.7 Å². The third-order valence-corrected chi connectivity index (χ3v) is 5.06. The Morgan fingerprint density at radius 3 is 2.85 bits per heavy atom. The molecule has 0 saturated carbocycles. The van der Waals surface area contributed by atoms with Crippen molar-refractivity contribution in [2.24, 2.45) is 0 Å². The number of nitrogen functional groups attached to an aromatic ring is 1. The molecule has 4 N–H and O–H groups in total. The summed E-state index contributed by atoms with van der Waals surface area (Å²) in [6.45, 7) is 5.90. The highest BCUT2D eigenvalue weighted by molar-refractivity contribution is 7.14. The van der Waals surface area contributed by atoms with E-state index in [0.29, 0.717) is 34.0 Å². The fourth-order valence-electron chi connectivity index (χ4n) is 2.72. The molecule has 0 aliphatic carbocycles. The van der Waals surface area contributed by atoms with Crippen LogP contribution in [0, 0.1) is 0 Å². The minimum absolute atomic E-state index is 0.239. The number of aromatic amines is 1. The van der Waals surface area contributed by atoms with Crippen LogP contribution >= 0.6 is 22.9 Å². The SMILES string of the molecule is CC(C)(C)OC(=O)NCCn1c(-c2sccc2Cl)c(N)c2nc[nH]c(=O)c21. The van der Waals surface area contributed by atoms with Crippen LogP contribution in [0.3, 0.4) is 0 Å². The van der Waals surface area contributed by atoms with Crippen molar-refractivity contribution < 1.29 is 9.53 Å². The van der Waals surface area contributed by atoms with Gasteiger partial charge in [-0.05, 0) is 32.2 Å². The summed E-state index contributed by atoms with van der Waals surface area (Å²) in [7, 11) is 0. The van der Waals surface area contributed by atoms with Crippen molar-refractivity contribution in [3.63, 3.8) is 0 Å². The molecular formula is C17H20ClN5O3S. The fraction of sp³-hybridized carbons (Fsp3) is 0.353. The number of anilines is 1. The number of alkyl carbamates (subject to hydrolysis) is 1. The number of nitrogens with zero attached hydrogens (tertiary/aromatic N) is 2. The molecule has 10 heteroatoms. The Hall–Kier alpha value is -2.52. The first-order valence-corrected chi connectivity index (χ1v) is 9.50. The number of ether oxygens (including phenoxy) is 1. The Kier molecular flexibility index (Phi) is 5.16. The Morgan fingerprint density at radius 1 is 1.48 bits per heavy atom. The van der Waals surface area contributed by atoms with Gasteiger partial charge in [-0.2, -0.15) is 0 Å². The van der Waals surface area contributed by atoms with Gasteiger partial charge in [-0.3, -0.25) is 4.79 Å². The van der Waals surface area contributed by atoms with E-state index in [1.54, 1.807) is 31.4 Å². The molecule has 3 aromatic heterocycles. The Morgan fingerprint density at radius 2 is 2.22 bits per heavy atom. The van der Waals surface area contributed by atoms with E-state index in [1.807, 2.05) is 5.38 Å². The molecule has 144 valence electrons. The van der Waals surface area contributed by atoms with Crippen LogP contribution in [0.5, 0.6) is 0 Å². The number of nitrogens with two attached hydrogens (primary N) is 1. The number of rotatable bonds is 4. The molecule has 1 amide bonds. The largest absolute Gasteiger partial charge is 0.444 e. The molecule has 3 rings (SSSR count). The maximum Gasteiger partial charge on any atom is 0.407 e. The van der Waals surface area contributed by atoms with E-state index < -0.39 is 11.7 Å². The van der Waals surface area contributed by atoms with E-state index >= 15 is 0 Å². The molecular weight excluding hydrogens is 390 g/mol. The Labute approximate surface area is 164 Å². The molecule has 0 aromatic carbocycles. The van der Waals surface area contributed by atoms with Crippen LogP contribution in [0.25, 0.3) is 21.6 Å². The molecule has 3 aromatic rings. The van der Waals surface area contributed by atoms with Crippen LogP contribution in [0.15, 0.2) is 22.6 Å². The quantitative estimate of drug-likeness (QED) is 0.612. The molecule has 0 fully saturated rings. The zero-order valence-corrected chi connectivity index (χ0v) is 16.7. The number of halogens is 1. The maximum absolute atomic E-state index is 12.4. The average molecular weight is 410 g/mol. The van der Waals surface area contributed by atoms with Gasteiger partial charge in [-0.25, -0.2) is 9.78 Å². The van der Waals surface area contributed by atoms with Crippen LogP contribution in [-0.2, 0) is 11.3 Å². The van der Waals surface area contributed by atoms with Crippen molar-refractivity contribution in [2.75, 3.05) is 12.3 Å². The number of amides is 1. The molecule has 0 unspecified atom stereocenters. The highest BCUT2D eigenvalue weighted by Gasteiger charge is 2.23. The van der Waals surface area contributed by atoms with Gasteiger partial charge < -0.3 is 25.3 Å². The lowest BCUT2D eigenvalue weighted by molar-refractivity contribution is 0.0526. The summed E-state index contributed by atoms with van der Waals surface area (Å²) in [6, 6.07) is 1.76. The van der Waals surface area contributed by atoms with Crippen molar-refractivity contribution in [3.8, 4) is 10.6 Å². The lowest BCUT2D eigenvalue weighted by atomic mass is 10.2. The molecule has 27 heavy (non-hydrogen) atoms. The number of H-pyrrole nitrogens is 1. The summed E-state index contributed by atoms with van der Waals surface area (Å²) in [6.07, 6.45) is 0.777. The summed E-state index contributed by atoms with van der Waals surface area (Å²) in [5.74, 6) is 0. The minimum Gasteiger partial charge on any atom is -0.444 e. The third kappa shape index (κ3) is 3.93. The predicted octanol–water partition coefficient (Wildman–Crippen LogP) is 3.21. The molecule has 0 aliphatic rings. The van der Waals surface area contributed by atoms with E-state index in [9.17, 15) is 9.59 Å². The highest BCUT2D eigenvalue weighted by atomic mass is 35.5. The molecule has 3 heterocycles. The predicted molar refractivity (Wildman–Crippen MR) is 107 cm³/mol. The summed E-state index contributed by atoms with van der Waals surface area (Å²) >= 11 is 7.70. The number of aromatic nitrogens is 3. The zero-order chi connectivity index (χ0) is 19.8. The normalized spacial score (nSPS) is 11.7. The van der Waals surface area contributed by atoms with Gasteiger partial charge in [-0.15, -0.1) is 11.3 Å². The van der Waals surface area contributed by atoms with Gasteiger partial charge in [0.05, 0.1) is 27.6 Å². The van der Waals surface area contributed by atoms with Gasteiger partial charge in [0.1, 0.15) is 16.6 Å². The first-order valence-electron chi connectivity index (χ1n) is 8.24. The fourth-order valence-corrected chi connectivity index (χ4v) is 3.94. The van der Waals surface area contributed by atoms with Crippen LogP contribution in [0.1, 0.15) is 20.8 Å². The van der Waals surface area contributed by atoms with Crippen molar-refractivity contribution in [1.82, 2.24) is 19.9 Å². The van der Waals surface area contributed by atoms with Crippen LogP contribution in [-0.4, -0.2) is 32.8 Å². The molecule has 0 aliphatic heterocycles. The minimum atomic E-state index is -0.592. The number of hydrogen-bond donors (Lipinski definition) is 3. The van der Waals surface area contributed by atoms with E-state index in [4.69, 9.17) is 22.1 Å². The second-order valence-electron chi connectivity index (χ2n) is 6.87. The van der Waals surface area contributed by atoms with Crippen molar-refractivity contribution in [2.45, 2.75) is 32.9 Å². The molecule has 0 bridgehead atoms. The van der Waals surface area contributed by atoms with E-state index in [-0.39, 0.29) is 12.1 Å². The van der Waals surface area contributed by atoms with E-state index in [0.717, 1.165) is 4.88 Å². The highest BCUT2D eigenvalue weighted by Crippen LogP contribution is 2.40. The van der Waals surface area contributed by atoms with Gasteiger partial charge in [0.2, 0.25) is 0 Å². The molecule has 0 radical (unpaired) electrons. The number of fused-ring (bicyclic) bond motifs is 1. The number of nitrogens with one attached hydrogen (secondary N) is 2. The smallest absolute Gasteiger partial charge is 0.407 e. The molecule has 0 atom stereocenters. The lowest BCUT2D eigenvalue weighted by Gasteiger charge is -2.20. The standard InChI is InChI=1S/C17H20ClN5O3S/c1-17(2,3)26-16(25)20-5-6-23-12(14-9(18)4-7-27-14)10(19)11-13(23)15(24)22-8-21-11/h4,7-8H,5-6,19H2,1-3H3,(H,20,25)(H,21,22,24). The number of thiophene rings is 1. The first-order chi connectivity index (χ1) is 12.7. The number of carbonyl (C=O) groups is 1. The maximum atomic E-state index is 12.4. The van der Waals surface area contributed by atoms with E-state index in [2.05, 4.69) is 15.3 Å². The van der Waals surface area contributed by atoms with Crippen LogP contribution in [0.2, 0.25) is 5.02 Å². The Balaban J connectivity index is 1.97. The van der Waals surface area contributed by atoms with Crippen molar-refractivity contribution >= 4 is 45.8 Å². The van der Waals surface area contributed by atoms with Gasteiger partial charge >= 0.3 is 6.09 Å². The van der Waals surface area contributed by atoms with Crippen molar-refractivity contribution in [1.29, 1.82) is 0 Å². The zero-order valence-electron chi connectivity index (χ0n) is 15.1. The van der Waals surface area contributed by atoms with Crippen LogP contribution < -0.4 is 16.6 Å². The molecule has 0 saturated heterocycles. The monoisotopic (exact) mass is 409 g/mol. The Bertz CT molecular complexity index is 1050. The van der Waals surface area contributed by atoms with Gasteiger partial charge in [0, 0.05) is 13.1 Å². The van der Waals surface area contributed by atoms with Gasteiger partial charge in [-0.1, -0.05) is 11.6 Å². The topological polar surface area (TPSA) is 115 Å². The average Bonchev–Trinajstić information content (AvgIpc) is 3.08. The summed E-state index contributed by atoms with van der Waals surface area (Å²) < 4.78 is 6.96. The summed E-state index contributed by atoms with van der Waals surface area (Å²) in [5, 5.41) is 5.06. The second kappa shape index (κ2) is 7.24. The second-order valence-corrected chi connectivity index (χ2v) is 8.19. The number of hydrogen-bond acceptors (Lipinski definition) is 6. The summed E-state index contributed by atoms with van der Waals surface area (Å²) in [5.41, 5.74) is 7.09. The third-order valence-electron chi connectivity index (χ3n) is 3.71. The van der Waals surface area contributed by atoms with Gasteiger partial charge in [0.25, 0.3) is 5.56 Å². The lowest BCUT2D eigenvalue weighted by Crippen LogP contribution is -2.34. The molecule has 8 nitrogen and oxygen atoms in total. The first kappa shape index (κ1) is 19.2. The van der Waals surface area contributed by atoms with Gasteiger partial charge in [0.15, 0.2) is 0 Å². The number of carbonyl (C=O) groups excluding carboxylic acids is 1. The van der Waals surface area contributed by atoms with Crippen LogP contribution in [0.4, 0.5) is 10.5 Å². The summed E-state index contributed by atoms with van der Waals surface area (Å²) in [4.78, 5) is 31.8.